The number of carbonyl (C=O) groups excluding carboxylic acids is 1. The summed E-state index contributed by atoms with van der Waals surface area (Å²) >= 11 is 0. The molecule has 0 aromatic carbocycles. The van der Waals surface area contributed by atoms with Gasteiger partial charge in [0, 0.05) is 6.42 Å². The summed E-state index contributed by atoms with van der Waals surface area (Å²) in [6.45, 7) is 2.72. The highest BCUT2D eigenvalue weighted by molar-refractivity contribution is 5.76. The fraction of sp³-hybridized carbons (Fsp3) is 0.885. The van der Waals surface area contributed by atoms with Crippen LogP contribution in [0, 0.1) is 0 Å². The van der Waals surface area contributed by atoms with E-state index in [0.717, 1.165) is 64.2 Å². The van der Waals surface area contributed by atoms with Gasteiger partial charge in [0.05, 0.1) is 32.0 Å². The molecule has 1 amide bonds. The summed E-state index contributed by atoms with van der Waals surface area (Å²) in [5.41, 5.74) is 0. The minimum atomic E-state index is -1.78. The highest BCUT2D eigenvalue weighted by atomic mass is 16.7. The van der Waals surface area contributed by atoms with Crippen molar-refractivity contribution in [1.82, 2.24) is 5.32 Å². The van der Waals surface area contributed by atoms with E-state index in [9.17, 15) is 45.6 Å². The number of ether oxygens (including phenoxy) is 4. The predicted octanol–water partition coefficient (Wildman–Crippen LogP) is 10.6. The van der Waals surface area contributed by atoms with Crippen LogP contribution in [0.25, 0.3) is 0 Å². The van der Waals surface area contributed by atoms with Gasteiger partial charge in [0.15, 0.2) is 12.6 Å². The molecule has 2 rings (SSSR count). The standard InChI is InChI=1S/C61H113NO13/c1-3-5-7-9-10-11-12-13-14-15-16-17-18-19-20-21-22-23-24-25-26-27-28-29-30-31-32-33-34-35-36-37-38-39-40-41-43-45-53(66)62-49(50(65)44-42-8-6-4-2)48-72-60-58(71)56(69)59(52(47-64)74-60)75-61-57(70)55(68)54(67)51(46-63)73-61/h12-13,15-16,18-19,49-52,54-61,63-65,67-71H,3-11,14,17,20-48H2,1-2H3,(H,62,66)/b13-12-,16-15-,19-18-. The Morgan fingerprint density at radius 1 is 0.480 bits per heavy atom. The first kappa shape index (κ1) is 69.3. The fourth-order valence-corrected chi connectivity index (χ4v) is 10.1. The number of unbranched alkanes of at least 4 members (excludes halogenated alkanes) is 30. The van der Waals surface area contributed by atoms with Gasteiger partial charge in [-0.2, -0.15) is 0 Å². The zero-order valence-corrected chi connectivity index (χ0v) is 47.3. The lowest BCUT2D eigenvalue weighted by Gasteiger charge is -2.46. The van der Waals surface area contributed by atoms with Crippen molar-refractivity contribution in [3.63, 3.8) is 0 Å². The van der Waals surface area contributed by atoms with Gasteiger partial charge in [0.25, 0.3) is 0 Å². The van der Waals surface area contributed by atoms with Crippen molar-refractivity contribution in [2.24, 2.45) is 0 Å². The minimum Gasteiger partial charge on any atom is -0.394 e. The second-order valence-electron chi connectivity index (χ2n) is 21.8. The Balaban J connectivity index is 1.47. The predicted molar refractivity (Wildman–Crippen MR) is 300 cm³/mol. The van der Waals surface area contributed by atoms with Crippen LogP contribution in [0.5, 0.6) is 0 Å². The minimum absolute atomic E-state index is 0.213. The van der Waals surface area contributed by atoms with Gasteiger partial charge in [-0.25, -0.2) is 0 Å². The van der Waals surface area contributed by atoms with Crippen molar-refractivity contribution in [2.45, 2.75) is 325 Å². The highest BCUT2D eigenvalue weighted by Crippen LogP contribution is 2.30. The first-order chi connectivity index (χ1) is 36.6. The van der Waals surface area contributed by atoms with Crippen LogP contribution in [0.1, 0.15) is 251 Å². The maximum absolute atomic E-state index is 13.1. The lowest BCUT2D eigenvalue weighted by molar-refractivity contribution is -0.359. The number of amides is 1. The molecule has 440 valence electrons. The lowest BCUT2D eigenvalue weighted by atomic mass is 9.97. The fourth-order valence-electron chi connectivity index (χ4n) is 10.1. The maximum Gasteiger partial charge on any atom is 0.220 e. The van der Waals surface area contributed by atoms with Crippen LogP contribution in [-0.4, -0.2) is 140 Å². The van der Waals surface area contributed by atoms with E-state index in [1.165, 1.54) is 161 Å². The third-order valence-electron chi connectivity index (χ3n) is 15.1. The van der Waals surface area contributed by atoms with Crippen molar-refractivity contribution in [2.75, 3.05) is 19.8 Å². The van der Waals surface area contributed by atoms with E-state index in [4.69, 9.17) is 18.9 Å². The van der Waals surface area contributed by atoms with Gasteiger partial charge < -0.3 is 65.1 Å². The van der Waals surface area contributed by atoms with Crippen molar-refractivity contribution in [1.29, 1.82) is 0 Å². The summed E-state index contributed by atoms with van der Waals surface area (Å²) in [7, 11) is 0. The summed E-state index contributed by atoms with van der Waals surface area (Å²) in [5.74, 6) is -0.213. The molecule has 0 bridgehead atoms. The zero-order valence-electron chi connectivity index (χ0n) is 47.3. The van der Waals surface area contributed by atoms with E-state index in [1.54, 1.807) is 0 Å². The average molecular weight is 1070 g/mol. The van der Waals surface area contributed by atoms with Crippen LogP contribution in [-0.2, 0) is 23.7 Å². The summed E-state index contributed by atoms with van der Waals surface area (Å²) in [4.78, 5) is 13.1. The van der Waals surface area contributed by atoms with Gasteiger partial charge in [-0.1, -0.05) is 230 Å². The average Bonchev–Trinajstić information content (AvgIpc) is 3.41. The summed E-state index contributed by atoms with van der Waals surface area (Å²) in [6, 6.07) is -0.822. The molecular formula is C61H113NO13. The number of nitrogens with one attached hydrogen (secondary N) is 1. The number of rotatable bonds is 49. The molecule has 12 atom stereocenters. The molecule has 0 aromatic rings. The van der Waals surface area contributed by atoms with Gasteiger partial charge in [0.1, 0.15) is 48.8 Å². The molecule has 2 aliphatic heterocycles. The smallest absolute Gasteiger partial charge is 0.220 e. The molecule has 2 aliphatic rings. The Bertz CT molecular complexity index is 1400. The van der Waals surface area contributed by atoms with Crippen molar-refractivity contribution < 1.29 is 64.6 Å². The van der Waals surface area contributed by atoms with E-state index in [2.05, 4.69) is 55.6 Å². The second-order valence-corrected chi connectivity index (χ2v) is 21.8. The molecule has 75 heavy (non-hydrogen) atoms. The van der Waals surface area contributed by atoms with Crippen molar-refractivity contribution >= 4 is 5.91 Å². The molecule has 12 unspecified atom stereocenters. The van der Waals surface area contributed by atoms with E-state index in [1.807, 2.05) is 0 Å². The molecule has 0 spiro atoms. The maximum atomic E-state index is 13.1. The van der Waals surface area contributed by atoms with Crippen LogP contribution < -0.4 is 5.32 Å². The van der Waals surface area contributed by atoms with E-state index >= 15 is 0 Å². The number of hydrogen-bond acceptors (Lipinski definition) is 13. The molecule has 0 aliphatic carbocycles. The largest absolute Gasteiger partial charge is 0.394 e. The van der Waals surface area contributed by atoms with Crippen molar-refractivity contribution in [3.8, 4) is 0 Å². The molecule has 9 N–H and O–H groups in total. The first-order valence-corrected chi connectivity index (χ1v) is 30.7. The Kier molecular flexibility index (Phi) is 43.5. The molecular weight excluding hydrogens is 955 g/mol. The summed E-state index contributed by atoms with van der Waals surface area (Å²) in [6.07, 6.45) is 41.4. The van der Waals surface area contributed by atoms with Crippen LogP contribution in [0.3, 0.4) is 0 Å². The molecule has 0 saturated carbocycles. The van der Waals surface area contributed by atoms with E-state index in [-0.39, 0.29) is 12.5 Å². The Morgan fingerprint density at radius 2 is 0.880 bits per heavy atom. The third kappa shape index (κ3) is 32.8. The number of carbonyl (C=O) groups is 1. The second kappa shape index (κ2) is 47.1. The molecule has 14 nitrogen and oxygen atoms in total. The third-order valence-corrected chi connectivity index (χ3v) is 15.1. The van der Waals surface area contributed by atoms with Gasteiger partial charge >= 0.3 is 0 Å². The first-order valence-electron chi connectivity index (χ1n) is 30.7. The SMILES string of the molecule is CCCCCCC/C=C\C/C=C\C/C=C\CCCCCCCCCCCCCCCCCCCCCCCCC(=O)NC(COC1OC(CO)C(OC2OC(CO)C(O)C(O)C2O)C(O)C1O)C(O)CCCCCC. The summed E-state index contributed by atoms with van der Waals surface area (Å²) in [5, 5.41) is 86.4. The Morgan fingerprint density at radius 3 is 1.35 bits per heavy atom. The van der Waals surface area contributed by atoms with Crippen LogP contribution >= 0.6 is 0 Å². The highest BCUT2D eigenvalue weighted by Gasteiger charge is 2.51. The molecule has 2 fully saturated rings. The number of aliphatic hydroxyl groups excluding tert-OH is 8. The Hall–Kier alpha value is -1.79. The van der Waals surface area contributed by atoms with E-state index in [0.29, 0.717) is 12.8 Å². The number of allylic oxidation sites excluding steroid dienone is 6. The van der Waals surface area contributed by atoms with Gasteiger partial charge in [0.2, 0.25) is 5.91 Å². The van der Waals surface area contributed by atoms with Gasteiger partial charge in [-0.05, 0) is 51.4 Å². The summed E-state index contributed by atoms with van der Waals surface area (Å²) < 4.78 is 22.6. The van der Waals surface area contributed by atoms with E-state index < -0.39 is 86.8 Å². The lowest BCUT2D eigenvalue weighted by Crippen LogP contribution is -2.65. The van der Waals surface area contributed by atoms with Crippen LogP contribution in [0.4, 0.5) is 0 Å². The topological polar surface area (TPSA) is 228 Å². The molecule has 14 heteroatoms. The normalized spacial score (nSPS) is 25.3. The quantitative estimate of drug-likeness (QED) is 0.0204. The Labute approximate surface area is 455 Å². The molecule has 2 saturated heterocycles. The monoisotopic (exact) mass is 1070 g/mol. The van der Waals surface area contributed by atoms with Crippen LogP contribution in [0.2, 0.25) is 0 Å². The molecule has 2 heterocycles. The van der Waals surface area contributed by atoms with Crippen LogP contribution in [0.15, 0.2) is 36.5 Å². The van der Waals surface area contributed by atoms with Crippen molar-refractivity contribution in [3.05, 3.63) is 36.5 Å². The number of hydrogen-bond donors (Lipinski definition) is 9. The zero-order chi connectivity index (χ0) is 54.6. The number of aliphatic hydroxyl groups is 8. The molecule has 0 aromatic heterocycles. The molecule has 0 radical (unpaired) electrons. The van der Waals surface area contributed by atoms with Gasteiger partial charge in [-0.3, -0.25) is 4.79 Å². The van der Waals surface area contributed by atoms with Gasteiger partial charge in [-0.15, -0.1) is 0 Å².